The minimum absolute atomic E-state index is 0.542. The monoisotopic (exact) mass is 233 g/mol. The number of halogens is 1. The maximum absolute atomic E-state index is 5.92. The van der Waals surface area contributed by atoms with Crippen molar-refractivity contribution in [2.75, 3.05) is 16.8 Å². The summed E-state index contributed by atoms with van der Waals surface area (Å²) in [5.74, 6) is 0. The van der Waals surface area contributed by atoms with Gasteiger partial charge in [0, 0.05) is 17.1 Å². The van der Waals surface area contributed by atoms with Gasteiger partial charge in [-0.15, -0.1) is 0 Å². The van der Waals surface area contributed by atoms with E-state index in [4.69, 9.17) is 23.1 Å². The molecular formula is C12H12ClN3. The quantitative estimate of drug-likeness (QED) is 0.698. The molecule has 0 aliphatic carbocycles. The Hall–Kier alpha value is -1.87. The summed E-state index contributed by atoms with van der Waals surface area (Å²) in [7, 11) is 0. The van der Waals surface area contributed by atoms with Gasteiger partial charge in [-0.3, -0.25) is 0 Å². The Bertz CT molecular complexity index is 494. The van der Waals surface area contributed by atoms with Crippen LogP contribution in [0.3, 0.4) is 0 Å². The second kappa shape index (κ2) is 4.33. The first-order valence-electron chi connectivity index (χ1n) is 4.83. The molecule has 0 bridgehead atoms. The van der Waals surface area contributed by atoms with Crippen molar-refractivity contribution in [3.8, 4) is 0 Å². The van der Waals surface area contributed by atoms with E-state index in [2.05, 4.69) is 5.32 Å². The van der Waals surface area contributed by atoms with Crippen LogP contribution in [0.5, 0.6) is 0 Å². The van der Waals surface area contributed by atoms with Gasteiger partial charge in [-0.1, -0.05) is 11.6 Å². The normalized spacial score (nSPS) is 10.1. The average molecular weight is 234 g/mol. The summed E-state index contributed by atoms with van der Waals surface area (Å²) < 4.78 is 0. The zero-order chi connectivity index (χ0) is 11.5. The van der Waals surface area contributed by atoms with Crippen LogP contribution in [-0.4, -0.2) is 0 Å². The number of hydrogen-bond donors (Lipinski definition) is 3. The largest absolute Gasteiger partial charge is 0.399 e. The molecule has 0 fully saturated rings. The van der Waals surface area contributed by atoms with Crippen LogP contribution >= 0.6 is 11.6 Å². The molecule has 0 atom stereocenters. The maximum atomic E-state index is 5.92. The maximum Gasteiger partial charge on any atom is 0.0656 e. The van der Waals surface area contributed by atoms with Gasteiger partial charge in [0.2, 0.25) is 0 Å². The van der Waals surface area contributed by atoms with Crippen molar-refractivity contribution in [2.45, 2.75) is 0 Å². The fourth-order valence-electron chi connectivity index (χ4n) is 1.34. The molecule has 3 nitrogen and oxygen atoms in total. The number of nitrogens with one attached hydrogen (secondary N) is 1. The molecule has 0 heterocycles. The minimum atomic E-state index is 0.542. The molecular weight excluding hydrogens is 222 g/mol. The molecule has 5 N–H and O–H groups in total. The van der Waals surface area contributed by atoms with Crippen molar-refractivity contribution in [3.63, 3.8) is 0 Å². The van der Waals surface area contributed by atoms with E-state index in [0.29, 0.717) is 10.7 Å². The highest BCUT2D eigenvalue weighted by atomic mass is 35.5. The number of benzene rings is 2. The predicted octanol–water partition coefficient (Wildman–Crippen LogP) is 3.25. The number of anilines is 4. The summed E-state index contributed by atoms with van der Waals surface area (Å²) >= 11 is 5.92. The fourth-order valence-corrected chi connectivity index (χ4v) is 1.52. The van der Waals surface area contributed by atoms with Gasteiger partial charge in [-0.05, 0) is 42.5 Å². The molecule has 82 valence electrons. The molecule has 0 aliphatic heterocycles. The third kappa shape index (κ3) is 2.38. The van der Waals surface area contributed by atoms with Crippen molar-refractivity contribution >= 4 is 34.4 Å². The molecule has 4 heteroatoms. The molecule has 2 aromatic rings. The van der Waals surface area contributed by atoms with Crippen LogP contribution < -0.4 is 16.8 Å². The van der Waals surface area contributed by atoms with Gasteiger partial charge >= 0.3 is 0 Å². The molecule has 0 aliphatic rings. The first-order chi connectivity index (χ1) is 7.65. The van der Waals surface area contributed by atoms with E-state index in [9.17, 15) is 0 Å². The van der Waals surface area contributed by atoms with Crippen molar-refractivity contribution in [3.05, 3.63) is 47.5 Å². The zero-order valence-corrected chi connectivity index (χ0v) is 9.33. The Morgan fingerprint density at radius 2 is 1.50 bits per heavy atom. The van der Waals surface area contributed by atoms with Crippen LogP contribution in [-0.2, 0) is 0 Å². The molecule has 0 spiro atoms. The molecule has 0 saturated heterocycles. The van der Waals surface area contributed by atoms with Crippen molar-refractivity contribution in [1.29, 1.82) is 0 Å². The van der Waals surface area contributed by atoms with Crippen LogP contribution in [0.1, 0.15) is 0 Å². The van der Waals surface area contributed by atoms with Crippen LogP contribution in [0.2, 0.25) is 5.02 Å². The van der Waals surface area contributed by atoms with E-state index in [1.54, 1.807) is 12.1 Å². The third-order valence-corrected chi connectivity index (χ3v) is 2.53. The Kier molecular flexibility index (Phi) is 2.88. The van der Waals surface area contributed by atoms with E-state index >= 15 is 0 Å². The van der Waals surface area contributed by atoms with E-state index in [0.717, 1.165) is 17.1 Å². The van der Waals surface area contributed by atoms with Crippen LogP contribution in [0.15, 0.2) is 42.5 Å². The standard InChI is InChI=1S/C12H12ClN3/c13-11-7-10(5-6-12(11)15)16-9-3-1-8(14)2-4-9/h1-7,16H,14-15H2. The van der Waals surface area contributed by atoms with Gasteiger partial charge in [0.15, 0.2) is 0 Å². The first-order valence-corrected chi connectivity index (χ1v) is 5.20. The highest BCUT2D eigenvalue weighted by Crippen LogP contribution is 2.25. The SMILES string of the molecule is Nc1ccc(Nc2ccc(N)c(Cl)c2)cc1. The summed E-state index contributed by atoms with van der Waals surface area (Å²) in [6.07, 6.45) is 0. The summed E-state index contributed by atoms with van der Waals surface area (Å²) in [5, 5.41) is 3.75. The average Bonchev–Trinajstić information content (AvgIpc) is 2.27. The summed E-state index contributed by atoms with van der Waals surface area (Å²) in [4.78, 5) is 0. The second-order valence-corrected chi connectivity index (χ2v) is 3.89. The van der Waals surface area contributed by atoms with E-state index in [1.165, 1.54) is 0 Å². The van der Waals surface area contributed by atoms with Gasteiger partial charge in [0.05, 0.1) is 10.7 Å². The van der Waals surface area contributed by atoms with E-state index in [1.807, 2.05) is 30.3 Å². The lowest BCUT2D eigenvalue weighted by molar-refractivity contribution is 1.55. The van der Waals surface area contributed by atoms with Crippen molar-refractivity contribution in [1.82, 2.24) is 0 Å². The van der Waals surface area contributed by atoms with Crippen LogP contribution in [0.25, 0.3) is 0 Å². The molecule has 0 radical (unpaired) electrons. The number of nitrogen functional groups attached to an aromatic ring is 2. The highest BCUT2D eigenvalue weighted by molar-refractivity contribution is 6.33. The lowest BCUT2D eigenvalue weighted by atomic mass is 10.2. The number of hydrogen-bond acceptors (Lipinski definition) is 3. The van der Waals surface area contributed by atoms with Gasteiger partial charge < -0.3 is 16.8 Å². The predicted molar refractivity (Wildman–Crippen MR) is 70.0 cm³/mol. The van der Waals surface area contributed by atoms with Gasteiger partial charge in [-0.2, -0.15) is 0 Å². The zero-order valence-electron chi connectivity index (χ0n) is 8.57. The van der Waals surface area contributed by atoms with Gasteiger partial charge in [0.25, 0.3) is 0 Å². The smallest absolute Gasteiger partial charge is 0.0656 e. The Morgan fingerprint density at radius 1 is 0.875 bits per heavy atom. The molecule has 2 rings (SSSR count). The van der Waals surface area contributed by atoms with E-state index < -0.39 is 0 Å². The topological polar surface area (TPSA) is 64.1 Å². The summed E-state index contributed by atoms with van der Waals surface area (Å²) in [6.45, 7) is 0. The highest BCUT2D eigenvalue weighted by Gasteiger charge is 1.98. The van der Waals surface area contributed by atoms with E-state index in [-0.39, 0.29) is 0 Å². The molecule has 0 amide bonds. The Morgan fingerprint density at radius 3 is 2.12 bits per heavy atom. The second-order valence-electron chi connectivity index (χ2n) is 3.48. The van der Waals surface area contributed by atoms with Crippen molar-refractivity contribution in [2.24, 2.45) is 0 Å². The molecule has 16 heavy (non-hydrogen) atoms. The summed E-state index contributed by atoms with van der Waals surface area (Å²) in [5.41, 5.74) is 14.4. The third-order valence-electron chi connectivity index (χ3n) is 2.20. The minimum Gasteiger partial charge on any atom is -0.399 e. The molecule has 0 unspecified atom stereocenters. The van der Waals surface area contributed by atoms with Crippen molar-refractivity contribution < 1.29 is 0 Å². The molecule has 0 aromatic heterocycles. The Labute approximate surface area is 99.0 Å². The number of rotatable bonds is 2. The van der Waals surface area contributed by atoms with Crippen LogP contribution in [0.4, 0.5) is 22.7 Å². The molecule has 2 aromatic carbocycles. The van der Waals surface area contributed by atoms with Crippen LogP contribution in [0, 0.1) is 0 Å². The first kappa shape index (κ1) is 10.6. The lowest BCUT2D eigenvalue weighted by Gasteiger charge is -2.07. The summed E-state index contributed by atoms with van der Waals surface area (Å²) in [6, 6.07) is 12.9. The van der Waals surface area contributed by atoms with Gasteiger partial charge in [0.1, 0.15) is 0 Å². The Balaban J connectivity index is 2.20. The number of nitrogens with two attached hydrogens (primary N) is 2. The lowest BCUT2D eigenvalue weighted by Crippen LogP contribution is -1.92. The fraction of sp³-hybridized carbons (Fsp3) is 0. The molecule has 0 saturated carbocycles. The van der Waals surface area contributed by atoms with Gasteiger partial charge in [-0.25, -0.2) is 0 Å².